The molecule has 0 radical (unpaired) electrons. The highest BCUT2D eigenvalue weighted by atomic mass is 35.5. The minimum absolute atomic E-state index is 0.0438. The number of benzene rings is 2. The molecular weight excluding hydrogens is 528 g/mol. The summed E-state index contributed by atoms with van der Waals surface area (Å²) >= 11 is 6.66. The van der Waals surface area contributed by atoms with Gasteiger partial charge in [-0.15, -0.1) is 0 Å². The van der Waals surface area contributed by atoms with E-state index in [1.165, 1.54) is 6.08 Å². The number of hydrogen-bond acceptors (Lipinski definition) is 7. The molecule has 4 heterocycles. The monoisotopic (exact) mass is 562 g/mol. The molecule has 1 aromatic heterocycles. The molecule has 6 rings (SSSR count). The van der Waals surface area contributed by atoms with Gasteiger partial charge in [0, 0.05) is 41.0 Å². The zero-order valence-electron chi connectivity index (χ0n) is 23.0. The van der Waals surface area contributed by atoms with Gasteiger partial charge < -0.3 is 24.0 Å². The molecule has 210 valence electrons. The molecule has 0 saturated carbocycles. The fraction of sp³-hybridized carbons (Fsp3) is 0.452. The molecule has 9 heteroatoms. The average molecular weight is 563 g/mol. The molecule has 40 heavy (non-hydrogen) atoms. The van der Waals surface area contributed by atoms with Crippen LogP contribution in [0.4, 0.5) is 0 Å². The zero-order valence-corrected chi connectivity index (χ0v) is 23.8. The number of rotatable bonds is 6. The Balaban J connectivity index is 1.34. The van der Waals surface area contributed by atoms with Crippen LogP contribution in [-0.4, -0.2) is 71.1 Å². The molecule has 1 amide bonds. The highest BCUT2D eigenvalue weighted by molar-refractivity contribution is 6.35. The molecule has 2 saturated heterocycles. The van der Waals surface area contributed by atoms with E-state index in [-0.39, 0.29) is 17.9 Å². The van der Waals surface area contributed by atoms with Crippen molar-refractivity contribution >= 4 is 28.3 Å². The summed E-state index contributed by atoms with van der Waals surface area (Å²) < 4.78 is 19.4. The number of fused-ring (bicyclic) bond motifs is 2. The lowest BCUT2D eigenvalue weighted by molar-refractivity contribution is -0.127. The quantitative estimate of drug-likeness (QED) is 0.365. The van der Waals surface area contributed by atoms with Crippen molar-refractivity contribution in [2.45, 2.75) is 56.8 Å². The molecule has 3 aliphatic rings. The van der Waals surface area contributed by atoms with Crippen molar-refractivity contribution in [2.24, 2.45) is 0 Å². The molecular formula is C31H35ClN4O4. The molecule has 3 aliphatic heterocycles. The first-order chi connectivity index (χ1) is 19.4. The summed E-state index contributed by atoms with van der Waals surface area (Å²) in [6.45, 7) is 8.47. The highest BCUT2D eigenvalue weighted by Gasteiger charge is 2.37. The molecule has 3 atom stereocenters. The predicted octanol–water partition coefficient (Wildman–Crippen LogP) is 5.55. The molecule has 0 N–H and O–H groups in total. The van der Waals surface area contributed by atoms with E-state index in [0.29, 0.717) is 48.4 Å². The fourth-order valence-corrected chi connectivity index (χ4v) is 6.45. The van der Waals surface area contributed by atoms with E-state index >= 15 is 0 Å². The predicted molar refractivity (Wildman–Crippen MR) is 154 cm³/mol. The summed E-state index contributed by atoms with van der Waals surface area (Å²) in [4.78, 5) is 25.9. The molecule has 8 nitrogen and oxygen atoms in total. The first-order valence-electron chi connectivity index (χ1n) is 14.1. The van der Waals surface area contributed by atoms with Gasteiger partial charge in [0.25, 0.3) is 5.88 Å². The van der Waals surface area contributed by atoms with Crippen molar-refractivity contribution in [1.82, 2.24) is 19.8 Å². The Kier molecular flexibility index (Phi) is 7.55. The van der Waals surface area contributed by atoms with Crippen molar-refractivity contribution in [1.29, 1.82) is 0 Å². The smallest absolute Gasteiger partial charge is 0.320 e. The van der Waals surface area contributed by atoms with Gasteiger partial charge in [-0.1, -0.05) is 48.5 Å². The van der Waals surface area contributed by atoms with Crippen molar-refractivity contribution in [3.05, 3.63) is 65.3 Å². The molecule has 0 aliphatic carbocycles. The van der Waals surface area contributed by atoms with Crippen LogP contribution in [0.1, 0.15) is 55.9 Å². The van der Waals surface area contributed by atoms with Gasteiger partial charge in [0.15, 0.2) is 6.10 Å². The Labute approximate surface area is 239 Å². The van der Waals surface area contributed by atoms with Gasteiger partial charge in [-0.25, -0.2) is 0 Å². The van der Waals surface area contributed by atoms with Crippen molar-refractivity contribution < 1.29 is 19.0 Å². The molecule has 0 spiro atoms. The van der Waals surface area contributed by atoms with Gasteiger partial charge in [-0.3, -0.25) is 4.79 Å². The van der Waals surface area contributed by atoms with Gasteiger partial charge in [0.2, 0.25) is 11.7 Å². The summed E-state index contributed by atoms with van der Waals surface area (Å²) in [6, 6.07) is 12.6. The van der Waals surface area contributed by atoms with Crippen molar-refractivity contribution in [3.63, 3.8) is 0 Å². The van der Waals surface area contributed by atoms with E-state index < -0.39 is 6.10 Å². The number of piperidine rings is 1. The van der Waals surface area contributed by atoms with E-state index in [1.807, 2.05) is 48.2 Å². The maximum atomic E-state index is 12.2. The van der Waals surface area contributed by atoms with Crippen LogP contribution >= 0.6 is 11.6 Å². The Hall–Kier alpha value is -3.36. The fourth-order valence-electron chi connectivity index (χ4n) is 6.16. The van der Waals surface area contributed by atoms with Gasteiger partial charge >= 0.3 is 6.01 Å². The number of hydrogen-bond donors (Lipinski definition) is 0. The lowest BCUT2D eigenvalue weighted by Gasteiger charge is -2.36. The SMILES string of the molecule is C=CC(=O)N1CCC(c2nc(OC[C@@H]3CCCN3C)nc3c2O[C@@H](C)C(c2cccc4cccc(Cl)c24)O3)CC1. The number of carbonyl (C=O) groups is 1. The van der Waals surface area contributed by atoms with Gasteiger partial charge in [-0.2, -0.15) is 9.97 Å². The third kappa shape index (κ3) is 5.10. The van der Waals surface area contributed by atoms with Gasteiger partial charge in [-0.05, 0) is 63.7 Å². The van der Waals surface area contributed by atoms with Crippen LogP contribution in [0.5, 0.6) is 17.6 Å². The Bertz CT molecular complexity index is 1420. The number of halogens is 1. The molecule has 1 unspecified atom stereocenters. The number of ether oxygens (including phenoxy) is 3. The molecule has 0 bridgehead atoms. The molecule has 3 aromatic rings. The summed E-state index contributed by atoms with van der Waals surface area (Å²) in [5, 5.41) is 2.66. The van der Waals surface area contributed by atoms with Crippen LogP contribution < -0.4 is 14.2 Å². The van der Waals surface area contributed by atoms with Gasteiger partial charge in [0.05, 0.1) is 5.69 Å². The number of aromatic nitrogens is 2. The minimum Gasteiger partial charge on any atom is -0.479 e. The van der Waals surface area contributed by atoms with Crippen LogP contribution in [0.25, 0.3) is 10.8 Å². The molecule has 2 fully saturated rings. The van der Waals surface area contributed by atoms with Crippen molar-refractivity contribution in [3.8, 4) is 17.6 Å². The average Bonchev–Trinajstić information content (AvgIpc) is 3.39. The molecule has 2 aromatic carbocycles. The lowest BCUT2D eigenvalue weighted by atomic mass is 9.92. The minimum atomic E-state index is -0.417. The Morgan fingerprint density at radius 2 is 1.90 bits per heavy atom. The normalized spacial score (nSPS) is 23.4. The van der Waals surface area contributed by atoms with E-state index in [9.17, 15) is 4.79 Å². The number of likely N-dealkylation sites (tertiary alicyclic amines) is 2. The Morgan fingerprint density at radius 3 is 2.62 bits per heavy atom. The largest absolute Gasteiger partial charge is 0.479 e. The second-order valence-corrected chi connectivity index (χ2v) is 11.4. The summed E-state index contributed by atoms with van der Waals surface area (Å²) in [7, 11) is 2.12. The lowest BCUT2D eigenvalue weighted by Crippen LogP contribution is -2.38. The maximum absolute atomic E-state index is 12.2. The van der Waals surface area contributed by atoms with E-state index in [0.717, 1.165) is 54.3 Å². The summed E-state index contributed by atoms with van der Waals surface area (Å²) in [5.74, 6) is 0.990. The second kappa shape index (κ2) is 11.3. The van der Waals surface area contributed by atoms with Crippen LogP contribution in [0.15, 0.2) is 49.1 Å². The van der Waals surface area contributed by atoms with Crippen LogP contribution in [0, 0.1) is 0 Å². The first-order valence-corrected chi connectivity index (χ1v) is 14.5. The first kappa shape index (κ1) is 26.8. The van der Waals surface area contributed by atoms with E-state index in [1.54, 1.807) is 0 Å². The summed E-state index contributed by atoms with van der Waals surface area (Å²) in [5.41, 5.74) is 1.74. The van der Waals surface area contributed by atoms with Crippen molar-refractivity contribution in [2.75, 3.05) is 33.3 Å². The van der Waals surface area contributed by atoms with E-state index in [2.05, 4.69) is 18.5 Å². The second-order valence-electron chi connectivity index (χ2n) is 11.0. The zero-order chi connectivity index (χ0) is 27.8. The maximum Gasteiger partial charge on any atom is 0.320 e. The van der Waals surface area contributed by atoms with Crippen LogP contribution in [0.3, 0.4) is 0 Å². The van der Waals surface area contributed by atoms with Gasteiger partial charge in [0.1, 0.15) is 12.7 Å². The van der Waals surface area contributed by atoms with E-state index in [4.69, 9.17) is 35.8 Å². The number of likely N-dealkylation sites (N-methyl/N-ethyl adjacent to an activating group) is 1. The third-order valence-corrected chi connectivity index (χ3v) is 8.76. The Morgan fingerprint density at radius 1 is 1.12 bits per heavy atom. The topological polar surface area (TPSA) is 77.0 Å². The van der Waals surface area contributed by atoms with Crippen LogP contribution in [-0.2, 0) is 4.79 Å². The number of amides is 1. The third-order valence-electron chi connectivity index (χ3n) is 8.45. The highest BCUT2D eigenvalue weighted by Crippen LogP contribution is 2.46. The number of carbonyl (C=O) groups excluding carboxylic acids is 1. The van der Waals surface area contributed by atoms with Crippen LogP contribution in [0.2, 0.25) is 5.02 Å². The number of nitrogens with zero attached hydrogens (tertiary/aromatic N) is 4. The summed E-state index contributed by atoms with van der Waals surface area (Å²) in [6.07, 6.45) is 4.41. The standard InChI is InChI=1S/C31H35ClN4O4/c1-4-25(37)36-16-13-21(14-17-36)27-29-30(34-31(33-27)38-18-22-10-7-15-35(22)3)40-28(19(2)39-29)23-11-5-8-20-9-6-12-24(32)26(20)23/h4-6,8-9,11-12,19,21-22,28H,1,7,10,13-18H2,2-3H3/t19-,22-,28?/m0/s1.